The molecule has 134 valence electrons. The SMILES string of the molecule is COc1ccc(C(CC(=O)O)NC(=O)CCc2cscn2)cc1OC. The molecular formula is C17H20N2O5S. The number of hydrogen-bond donors (Lipinski definition) is 2. The molecule has 25 heavy (non-hydrogen) atoms. The number of carboxylic acid groups (broad SMARTS) is 1. The Hall–Kier alpha value is -2.61. The van der Waals surface area contributed by atoms with E-state index in [2.05, 4.69) is 10.3 Å². The molecule has 1 atom stereocenters. The minimum atomic E-state index is -1.00. The van der Waals surface area contributed by atoms with E-state index in [0.29, 0.717) is 23.5 Å². The predicted molar refractivity (Wildman–Crippen MR) is 93.1 cm³/mol. The molecule has 7 nitrogen and oxygen atoms in total. The molecular weight excluding hydrogens is 344 g/mol. The van der Waals surface area contributed by atoms with Crippen LogP contribution >= 0.6 is 11.3 Å². The number of thiazole rings is 1. The highest BCUT2D eigenvalue weighted by atomic mass is 32.1. The molecule has 0 fully saturated rings. The number of carbonyl (C=O) groups is 2. The van der Waals surface area contributed by atoms with Crippen LogP contribution in [0.25, 0.3) is 0 Å². The van der Waals surface area contributed by atoms with E-state index in [4.69, 9.17) is 14.6 Å². The first-order valence-corrected chi connectivity index (χ1v) is 8.58. The van der Waals surface area contributed by atoms with Crippen molar-refractivity contribution in [2.24, 2.45) is 0 Å². The summed E-state index contributed by atoms with van der Waals surface area (Å²) in [5.41, 5.74) is 3.20. The molecule has 0 aliphatic carbocycles. The number of methoxy groups -OCH3 is 2. The Bertz CT molecular complexity index is 718. The third-order valence-electron chi connectivity index (χ3n) is 3.62. The van der Waals surface area contributed by atoms with Gasteiger partial charge in [-0.05, 0) is 24.1 Å². The third-order valence-corrected chi connectivity index (χ3v) is 4.25. The van der Waals surface area contributed by atoms with Gasteiger partial charge in [-0.15, -0.1) is 11.3 Å². The smallest absolute Gasteiger partial charge is 0.305 e. The zero-order valence-corrected chi connectivity index (χ0v) is 14.8. The van der Waals surface area contributed by atoms with Gasteiger partial charge >= 0.3 is 5.97 Å². The summed E-state index contributed by atoms with van der Waals surface area (Å²) in [5, 5.41) is 13.8. The minimum Gasteiger partial charge on any atom is -0.493 e. The summed E-state index contributed by atoms with van der Waals surface area (Å²) in [6, 6.07) is 4.42. The van der Waals surface area contributed by atoms with Gasteiger partial charge in [0.05, 0.1) is 37.9 Å². The lowest BCUT2D eigenvalue weighted by Gasteiger charge is -2.19. The molecule has 1 unspecified atom stereocenters. The number of benzene rings is 1. The number of aryl methyl sites for hydroxylation is 1. The molecule has 1 amide bonds. The van der Waals surface area contributed by atoms with Crippen LogP contribution in [0, 0.1) is 0 Å². The highest BCUT2D eigenvalue weighted by Crippen LogP contribution is 2.31. The second kappa shape index (κ2) is 9.03. The van der Waals surface area contributed by atoms with Crippen LogP contribution in [-0.4, -0.2) is 36.2 Å². The molecule has 0 saturated heterocycles. The third kappa shape index (κ3) is 5.46. The number of carboxylic acids is 1. The fraction of sp³-hybridized carbons (Fsp3) is 0.353. The number of amides is 1. The van der Waals surface area contributed by atoms with Crippen LogP contribution in [0.2, 0.25) is 0 Å². The molecule has 0 aliphatic rings. The first kappa shape index (κ1) is 18.7. The largest absolute Gasteiger partial charge is 0.493 e. The van der Waals surface area contributed by atoms with Crippen molar-refractivity contribution in [2.75, 3.05) is 14.2 Å². The topological polar surface area (TPSA) is 97.8 Å². The molecule has 0 saturated carbocycles. The highest BCUT2D eigenvalue weighted by molar-refractivity contribution is 7.07. The van der Waals surface area contributed by atoms with Crippen molar-refractivity contribution in [1.82, 2.24) is 10.3 Å². The van der Waals surface area contributed by atoms with Crippen molar-refractivity contribution < 1.29 is 24.2 Å². The van der Waals surface area contributed by atoms with Crippen molar-refractivity contribution in [3.63, 3.8) is 0 Å². The summed E-state index contributed by atoms with van der Waals surface area (Å²) in [7, 11) is 3.02. The van der Waals surface area contributed by atoms with Gasteiger partial charge in [0.15, 0.2) is 11.5 Å². The van der Waals surface area contributed by atoms with Gasteiger partial charge in [-0.1, -0.05) is 6.07 Å². The lowest BCUT2D eigenvalue weighted by atomic mass is 10.0. The Labute approximate surface area is 149 Å². The van der Waals surface area contributed by atoms with Crippen LogP contribution in [0.3, 0.4) is 0 Å². The summed E-state index contributed by atoms with van der Waals surface area (Å²) >= 11 is 1.47. The Morgan fingerprint density at radius 2 is 2.04 bits per heavy atom. The molecule has 0 bridgehead atoms. The first-order chi connectivity index (χ1) is 12.0. The number of aliphatic carboxylic acids is 1. The van der Waals surface area contributed by atoms with Crippen LogP contribution < -0.4 is 14.8 Å². The maximum atomic E-state index is 12.2. The number of nitrogens with one attached hydrogen (secondary N) is 1. The van der Waals surface area contributed by atoms with E-state index in [1.54, 1.807) is 23.7 Å². The van der Waals surface area contributed by atoms with Crippen molar-refractivity contribution in [3.8, 4) is 11.5 Å². The predicted octanol–water partition coefficient (Wildman–Crippen LogP) is 2.43. The summed E-state index contributed by atoms with van der Waals surface area (Å²) in [5.74, 6) is -0.212. The average Bonchev–Trinajstić information content (AvgIpc) is 3.12. The maximum absolute atomic E-state index is 12.2. The molecule has 8 heteroatoms. The Balaban J connectivity index is 2.09. The highest BCUT2D eigenvalue weighted by Gasteiger charge is 2.20. The molecule has 2 N–H and O–H groups in total. The van der Waals surface area contributed by atoms with Crippen LogP contribution in [0.5, 0.6) is 11.5 Å². The fourth-order valence-corrected chi connectivity index (χ4v) is 2.96. The minimum absolute atomic E-state index is 0.224. The van der Waals surface area contributed by atoms with Crippen molar-refractivity contribution in [2.45, 2.75) is 25.3 Å². The number of aromatic nitrogens is 1. The number of rotatable bonds is 9. The standard InChI is InChI=1S/C17H20N2O5S/c1-23-14-5-3-11(7-15(14)24-2)13(8-17(21)22)19-16(20)6-4-12-9-25-10-18-12/h3,5,7,9-10,13H,4,6,8H2,1-2H3,(H,19,20)(H,21,22). The second-order valence-corrected chi connectivity index (χ2v) is 6.03. The van der Waals surface area contributed by atoms with E-state index in [0.717, 1.165) is 5.69 Å². The fourth-order valence-electron chi connectivity index (χ4n) is 2.37. The maximum Gasteiger partial charge on any atom is 0.305 e. The van der Waals surface area contributed by atoms with Crippen molar-refractivity contribution in [1.29, 1.82) is 0 Å². The van der Waals surface area contributed by atoms with Crippen LogP contribution in [0.1, 0.15) is 30.1 Å². The summed E-state index contributed by atoms with van der Waals surface area (Å²) in [6.45, 7) is 0. The number of ether oxygens (including phenoxy) is 2. The molecule has 0 spiro atoms. The van der Waals surface area contributed by atoms with Gasteiger partial charge in [0, 0.05) is 11.8 Å². The zero-order chi connectivity index (χ0) is 18.2. The lowest BCUT2D eigenvalue weighted by molar-refractivity contribution is -0.137. The summed E-state index contributed by atoms with van der Waals surface area (Å²) in [6.07, 6.45) is 0.534. The Kier molecular flexibility index (Phi) is 6.76. The van der Waals surface area contributed by atoms with Crippen molar-refractivity contribution >= 4 is 23.2 Å². The van der Waals surface area contributed by atoms with Crippen molar-refractivity contribution in [3.05, 3.63) is 40.3 Å². The number of nitrogens with zero attached hydrogens (tertiary/aromatic N) is 1. The normalized spacial score (nSPS) is 11.6. The van der Waals surface area contributed by atoms with Gasteiger partial charge in [-0.2, -0.15) is 0 Å². The van der Waals surface area contributed by atoms with E-state index < -0.39 is 12.0 Å². The molecule has 1 heterocycles. The quantitative estimate of drug-likeness (QED) is 0.709. The van der Waals surface area contributed by atoms with Gasteiger partial charge in [-0.3, -0.25) is 9.59 Å². The van der Waals surface area contributed by atoms with Crippen LogP contribution in [-0.2, 0) is 16.0 Å². The average molecular weight is 364 g/mol. The van der Waals surface area contributed by atoms with Crippen LogP contribution in [0.4, 0.5) is 0 Å². The first-order valence-electron chi connectivity index (χ1n) is 7.63. The van der Waals surface area contributed by atoms with Gasteiger partial charge in [0.2, 0.25) is 5.91 Å². The summed E-state index contributed by atoms with van der Waals surface area (Å²) < 4.78 is 10.4. The molecule has 0 aliphatic heterocycles. The van der Waals surface area contributed by atoms with Gasteiger partial charge in [0.1, 0.15) is 0 Å². The van der Waals surface area contributed by atoms with E-state index >= 15 is 0 Å². The molecule has 1 aromatic heterocycles. The van der Waals surface area contributed by atoms with Gasteiger partial charge in [0.25, 0.3) is 0 Å². The van der Waals surface area contributed by atoms with E-state index in [9.17, 15) is 9.59 Å². The monoisotopic (exact) mass is 364 g/mol. The van der Waals surface area contributed by atoms with Crippen LogP contribution in [0.15, 0.2) is 29.1 Å². The molecule has 1 aromatic carbocycles. The lowest BCUT2D eigenvalue weighted by Crippen LogP contribution is -2.30. The number of carbonyl (C=O) groups excluding carboxylic acids is 1. The molecule has 2 rings (SSSR count). The second-order valence-electron chi connectivity index (χ2n) is 5.31. The zero-order valence-electron chi connectivity index (χ0n) is 14.0. The summed E-state index contributed by atoms with van der Waals surface area (Å²) in [4.78, 5) is 27.5. The Morgan fingerprint density at radius 3 is 2.64 bits per heavy atom. The van der Waals surface area contributed by atoms with Gasteiger partial charge in [-0.25, -0.2) is 4.98 Å². The number of hydrogen-bond acceptors (Lipinski definition) is 6. The van der Waals surface area contributed by atoms with E-state index in [1.807, 2.05) is 5.38 Å². The molecule has 2 aromatic rings. The molecule has 0 radical (unpaired) electrons. The van der Waals surface area contributed by atoms with E-state index in [-0.39, 0.29) is 18.7 Å². The Morgan fingerprint density at radius 1 is 1.28 bits per heavy atom. The van der Waals surface area contributed by atoms with Gasteiger partial charge < -0.3 is 19.9 Å². The van der Waals surface area contributed by atoms with E-state index in [1.165, 1.54) is 25.6 Å².